The molecule has 2 nitrogen and oxygen atoms in total. The smallest absolute Gasteiger partial charge is 0.0560 e. The number of nitrogens with zero attached hydrogens (tertiary/aromatic N) is 2. The number of para-hydroxylation sites is 1. The maximum absolute atomic E-state index is 4.39. The average Bonchev–Trinajstić information content (AvgIpc) is 3.20. The van der Waals surface area contributed by atoms with Crippen molar-refractivity contribution in [2.45, 2.75) is 50.5 Å². The summed E-state index contributed by atoms with van der Waals surface area (Å²) in [6, 6.07) is 31.3. The highest BCUT2D eigenvalue weighted by Gasteiger charge is 2.26. The Morgan fingerprint density at radius 1 is 0.725 bits per heavy atom. The van der Waals surface area contributed by atoms with Gasteiger partial charge < -0.3 is 9.80 Å². The van der Waals surface area contributed by atoms with Gasteiger partial charge in [0.25, 0.3) is 0 Å². The van der Waals surface area contributed by atoms with Crippen molar-refractivity contribution in [1.29, 1.82) is 0 Å². The van der Waals surface area contributed by atoms with Crippen molar-refractivity contribution in [2.75, 3.05) is 4.90 Å². The number of benzene rings is 3. The van der Waals surface area contributed by atoms with Gasteiger partial charge in [-0.05, 0) is 97.7 Å². The molecule has 0 heterocycles. The van der Waals surface area contributed by atoms with Crippen molar-refractivity contribution in [2.24, 2.45) is 5.92 Å². The molecule has 3 unspecified atom stereocenters. The number of allylic oxidation sites excluding steroid dienone is 15. The monoisotopic (exact) mass is 664 g/mol. The van der Waals surface area contributed by atoms with Crippen LogP contribution in [0.2, 0.25) is 0 Å². The molecule has 0 saturated carbocycles. The maximum atomic E-state index is 4.39. The second-order valence-electron chi connectivity index (χ2n) is 13.6. The first-order chi connectivity index (χ1) is 25.2. The Morgan fingerprint density at radius 3 is 2.20 bits per heavy atom. The third kappa shape index (κ3) is 7.92. The Bertz CT molecular complexity index is 1990. The molecule has 0 spiro atoms. The summed E-state index contributed by atoms with van der Waals surface area (Å²) in [6.45, 7) is 8.24. The largest absolute Gasteiger partial charge is 0.334 e. The topological polar surface area (TPSA) is 6.48 Å². The van der Waals surface area contributed by atoms with E-state index in [1.165, 1.54) is 45.0 Å². The zero-order valence-corrected chi connectivity index (χ0v) is 29.5. The first-order valence-corrected chi connectivity index (χ1v) is 18.5. The number of anilines is 2. The molecule has 0 aliphatic heterocycles. The molecule has 0 aromatic heterocycles. The predicted molar refractivity (Wildman–Crippen MR) is 217 cm³/mol. The van der Waals surface area contributed by atoms with Crippen LogP contribution in [0.15, 0.2) is 217 Å². The first kappa shape index (κ1) is 33.9. The van der Waals surface area contributed by atoms with Crippen LogP contribution >= 0.6 is 0 Å². The van der Waals surface area contributed by atoms with Gasteiger partial charge in [-0.1, -0.05) is 152 Å². The minimum absolute atomic E-state index is 0.206. The third-order valence-corrected chi connectivity index (χ3v) is 10.2. The van der Waals surface area contributed by atoms with Crippen LogP contribution in [-0.2, 0) is 0 Å². The van der Waals surface area contributed by atoms with Crippen LogP contribution in [0.5, 0.6) is 0 Å². The van der Waals surface area contributed by atoms with Crippen molar-refractivity contribution in [3.8, 4) is 0 Å². The van der Waals surface area contributed by atoms with E-state index >= 15 is 0 Å². The lowest BCUT2D eigenvalue weighted by molar-refractivity contribution is 0.559. The minimum atomic E-state index is 0.206. The number of hydrogen-bond donors (Lipinski definition) is 0. The second kappa shape index (κ2) is 16.4. The lowest BCUT2D eigenvalue weighted by Gasteiger charge is -2.35. The van der Waals surface area contributed by atoms with Crippen LogP contribution in [0, 0.1) is 5.92 Å². The van der Waals surface area contributed by atoms with Crippen LogP contribution in [0.3, 0.4) is 0 Å². The SMILES string of the molecule is C=C/C=C\C(=C)N(C1=CCCC=C1)C1=CCC(C2=CCC(N(c3ccccc3)c3cccc(C(C4=CC=CCC4)c4ccccc4)c3)C=C2)C=C1. The molecule has 4 aliphatic carbocycles. The Balaban J connectivity index is 1.13. The molecule has 0 fully saturated rings. The van der Waals surface area contributed by atoms with Gasteiger partial charge in [0.1, 0.15) is 0 Å². The van der Waals surface area contributed by atoms with E-state index in [9.17, 15) is 0 Å². The van der Waals surface area contributed by atoms with E-state index in [-0.39, 0.29) is 12.0 Å². The van der Waals surface area contributed by atoms with Gasteiger partial charge >= 0.3 is 0 Å². The Kier molecular flexibility index (Phi) is 10.9. The number of hydrogen-bond acceptors (Lipinski definition) is 2. The van der Waals surface area contributed by atoms with Gasteiger partial charge in [-0.25, -0.2) is 0 Å². The van der Waals surface area contributed by atoms with Crippen molar-refractivity contribution in [3.05, 3.63) is 229 Å². The zero-order chi connectivity index (χ0) is 34.8. The average molecular weight is 665 g/mol. The molecule has 7 rings (SSSR count). The summed E-state index contributed by atoms with van der Waals surface area (Å²) in [5.41, 5.74) is 11.3. The van der Waals surface area contributed by atoms with Crippen LogP contribution in [0.1, 0.15) is 55.6 Å². The van der Waals surface area contributed by atoms with E-state index in [4.69, 9.17) is 0 Å². The van der Waals surface area contributed by atoms with Crippen molar-refractivity contribution < 1.29 is 0 Å². The van der Waals surface area contributed by atoms with Crippen molar-refractivity contribution >= 4 is 11.4 Å². The molecule has 3 atom stereocenters. The summed E-state index contributed by atoms with van der Waals surface area (Å²) in [4.78, 5) is 4.78. The molecule has 0 radical (unpaired) electrons. The molecule has 0 bridgehead atoms. The molecular weight excluding hydrogens is 617 g/mol. The summed E-state index contributed by atoms with van der Waals surface area (Å²) in [7, 11) is 0. The summed E-state index contributed by atoms with van der Waals surface area (Å²) in [6.07, 6.45) is 39.8. The molecule has 0 saturated heterocycles. The first-order valence-electron chi connectivity index (χ1n) is 18.5. The standard InChI is InChI=1S/C49H48N2/c1-3-4-18-38(2)50(44-24-13-7-14-25-44)46-33-29-39(30-34-46)40-31-35-47(36-32-40)51(45-26-15-8-16-27-45)48-28-17-23-43(37-48)49(41-19-9-5-10-20-41)42-21-11-6-12-22-42/h3-6,8-11,13,15-21,23-29,31-35,37,39,47,49H,1-2,7,12,14,22,30,36H2/b18-4-. The Labute approximate surface area is 305 Å². The Hall–Kier alpha value is -5.60. The van der Waals surface area contributed by atoms with Gasteiger partial charge in [0, 0.05) is 40.3 Å². The molecule has 0 N–H and O–H groups in total. The van der Waals surface area contributed by atoms with Gasteiger partial charge in [-0.3, -0.25) is 0 Å². The minimum Gasteiger partial charge on any atom is -0.334 e. The van der Waals surface area contributed by atoms with Crippen LogP contribution in [0.25, 0.3) is 0 Å². The van der Waals surface area contributed by atoms with E-state index in [1.54, 1.807) is 6.08 Å². The predicted octanol–water partition coefficient (Wildman–Crippen LogP) is 12.7. The molecular formula is C49H48N2. The van der Waals surface area contributed by atoms with E-state index in [0.717, 1.165) is 44.2 Å². The van der Waals surface area contributed by atoms with E-state index in [2.05, 4.69) is 181 Å². The highest BCUT2D eigenvalue weighted by Crippen LogP contribution is 2.40. The molecule has 254 valence electrons. The van der Waals surface area contributed by atoms with Gasteiger partial charge in [-0.2, -0.15) is 0 Å². The molecule has 0 amide bonds. The summed E-state index contributed by atoms with van der Waals surface area (Å²) >= 11 is 0. The van der Waals surface area contributed by atoms with E-state index in [0.29, 0.717) is 5.92 Å². The highest BCUT2D eigenvalue weighted by molar-refractivity contribution is 5.67. The molecule has 51 heavy (non-hydrogen) atoms. The highest BCUT2D eigenvalue weighted by atomic mass is 15.2. The van der Waals surface area contributed by atoms with Crippen molar-refractivity contribution in [1.82, 2.24) is 4.90 Å². The maximum Gasteiger partial charge on any atom is 0.0560 e. The summed E-state index contributed by atoms with van der Waals surface area (Å²) in [5.74, 6) is 0.577. The third-order valence-electron chi connectivity index (χ3n) is 10.2. The lowest BCUT2D eigenvalue weighted by atomic mass is 9.81. The number of rotatable bonds is 12. The van der Waals surface area contributed by atoms with E-state index in [1.807, 2.05) is 12.2 Å². The van der Waals surface area contributed by atoms with Crippen molar-refractivity contribution in [3.63, 3.8) is 0 Å². The fraction of sp³-hybridized carbons (Fsp3) is 0.184. The van der Waals surface area contributed by atoms with Gasteiger partial charge in [-0.15, -0.1) is 0 Å². The molecule has 4 aliphatic rings. The van der Waals surface area contributed by atoms with Gasteiger partial charge in [0.2, 0.25) is 0 Å². The van der Waals surface area contributed by atoms with Crippen LogP contribution < -0.4 is 4.90 Å². The van der Waals surface area contributed by atoms with Gasteiger partial charge in [0.15, 0.2) is 0 Å². The molecule has 3 aromatic rings. The quantitative estimate of drug-likeness (QED) is 0.178. The fourth-order valence-corrected chi connectivity index (χ4v) is 7.72. The molecule has 3 aromatic carbocycles. The zero-order valence-electron chi connectivity index (χ0n) is 29.5. The fourth-order valence-electron chi connectivity index (χ4n) is 7.72. The summed E-state index contributed by atoms with van der Waals surface area (Å²) in [5, 5.41) is 0. The van der Waals surface area contributed by atoms with Crippen LogP contribution in [-0.4, -0.2) is 10.9 Å². The lowest BCUT2D eigenvalue weighted by Crippen LogP contribution is -2.30. The molecule has 2 heteroatoms. The normalized spacial score (nSPS) is 20.2. The van der Waals surface area contributed by atoms with Crippen LogP contribution in [0.4, 0.5) is 11.4 Å². The summed E-state index contributed by atoms with van der Waals surface area (Å²) < 4.78 is 0. The second-order valence-corrected chi connectivity index (χ2v) is 13.6. The van der Waals surface area contributed by atoms with Gasteiger partial charge in [0.05, 0.1) is 6.04 Å². The van der Waals surface area contributed by atoms with E-state index < -0.39 is 0 Å². The Morgan fingerprint density at radius 2 is 1.51 bits per heavy atom.